The van der Waals surface area contributed by atoms with Crippen LogP contribution in [0.15, 0.2) is 30.3 Å². The van der Waals surface area contributed by atoms with Gasteiger partial charge in [0.2, 0.25) is 11.8 Å². The lowest BCUT2D eigenvalue weighted by Gasteiger charge is -2.14. The van der Waals surface area contributed by atoms with Crippen LogP contribution in [0.3, 0.4) is 0 Å². The van der Waals surface area contributed by atoms with E-state index in [4.69, 9.17) is 21.1 Å². The average Bonchev–Trinajstić information content (AvgIpc) is 3.07. The Kier molecular flexibility index (Phi) is 7.05. The third-order valence-corrected chi connectivity index (χ3v) is 5.13. The molecule has 2 aromatic carbocycles. The second-order valence-electron chi connectivity index (χ2n) is 7.11. The summed E-state index contributed by atoms with van der Waals surface area (Å²) in [6.07, 6.45) is 0.951. The van der Waals surface area contributed by atoms with Gasteiger partial charge in [0.15, 0.2) is 0 Å². The number of nitrogens with one attached hydrogen (secondary N) is 3. The van der Waals surface area contributed by atoms with E-state index in [1.54, 1.807) is 18.2 Å². The summed E-state index contributed by atoms with van der Waals surface area (Å²) in [5, 5.41) is 8.98. The van der Waals surface area contributed by atoms with E-state index in [9.17, 15) is 9.59 Å². The first-order valence-electron chi connectivity index (χ1n) is 9.89. The molecular weight excluding hydrogens is 406 g/mol. The highest BCUT2D eigenvalue weighted by atomic mass is 35.5. The van der Waals surface area contributed by atoms with Crippen molar-refractivity contribution in [2.75, 3.05) is 30.3 Å². The number of benzene rings is 2. The van der Waals surface area contributed by atoms with Gasteiger partial charge in [0.05, 0.1) is 25.4 Å². The van der Waals surface area contributed by atoms with Crippen molar-refractivity contribution in [1.29, 1.82) is 0 Å². The van der Waals surface area contributed by atoms with Gasteiger partial charge in [-0.15, -0.1) is 0 Å². The molecule has 1 heterocycles. The fraction of sp³-hybridized carbons (Fsp3) is 0.364. The van der Waals surface area contributed by atoms with Crippen LogP contribution in [0.25, 0.3) is 0 Å². The van der Waals surface area contributed by atoms with Crippen LogP contribution in [-0.4, -0.2) is 37.6 Å². The van der Waals surface area contributed by atoms with Crippen LogP contribution in [0.2, 0.25) is 5.02 Å². The number of anilines is 2. The molecule has 2 amide bonds. The molecule has 30 heavy (non-hydrogen) atoms. The van der Waals surface area contributed by atoms with Crippen molar-refractivity contribution in [2.24, 2.45) is 0 Å². The summed E-state index contributed by atoms with van der Waals surface area (Å²) in [7, 11) is 0. The maximum atomic E-state index is 12.2. The number of hydrogen-bond acceptors (Lipinski definition) is 5. The van der Waals surface area contributed by atoms with E-state index in [2.05, 4.69) is 16.0 Å². The zero-order chi connectivity index (χ0) is 21.7. The zero-order valence-electron chi connectivity index (χ0n) is 17.3. The average molecular weight is 432 g/mol. The lowest BCUT2D eigenvalue weighted by atomic mass is 10.1. The standard InChI is InChI=1S/C22H26ClN3O4/c1-4-29-20-9-15-8-13(2)30-19(15)10-18(20)24-11-21(27)25-12-22(28)26-17-7-5-6-16(23)14(17)3/h5-7,9-10,13,24H,4,8,11-12H2,1-3H3,(H,25,27)(H,26,28). The number of hydrogen-bond donors (Lipinski definition) is 3. The van der Waals surface area contributed by atoms with Gasteiger partial charge >= 0.3 is 0 Å². The van der Waals surface area contributed by atoms with E-state index < -0.39 is 0 Å². The summed E-state index contributed by atoms with van der Waals surface area (Å²) in [5.74, 6) is 0.829. The lowest BCUT2D eigenvalue weighted by molar-refractivity contribution is -0.122. The molecule has 0 radical (unpaired) electrons. The van der Waals surface area contributed by atoms with E-state index in [0.717, 1.165) is 23.3 Å². The van der Waals surface area contributed by atoms with Crippen molar-refractivity contribution >= 4 is 34.8 Å². The molecule has 160 valence electrons. The Hall–Kier alpha value is -2.93. The molecule has 1 aliphatic heterocycles. The van der Waals surface area contributed by atoms with Crippen LogP contribution in [0.5, 0.6) is 11.5 Å². The van der Waals surface area contributed by atoms with E-state index in [1.807, 2.05) is 32.9 Å². The van der Waals surface area contributed by atoms with Crippen LogP contribution >= 0.6 is 11.6 Å². The topological polar surface area (TPSA) is 88.7 Å². The Morgan fingerprint density at radius 1 is 1.20 bits per heavy atom. The Labute approximate surface area is 181 Å². The molecule has 2 aromatic rings. The third-order valence-electron chi connectivity index (χ3n) is 4.73. The largest absolute Gasteiger partial charge is 0.492 e. The smallest absolute Gasteiger partial charge is 0.243 e. The van der Waals surface area contributed by atoms with Gasteiger partial charge in [0.25, 0.3) is 0 Å². The van der Waals surface area contributed by atoms with E-state index in [1.165, 1.54) is 0 Å². The highest BCUT2D eigenvalue weighted by Crippen LogP contribution is 2.37. The Balaban J connectivity index is 1.53. The summed E-state index contributed by atoms with van der Waals surface area (Å²) in [6, 6.07) is 9.06. The SMILES string of the molecule is CCOc1cc2c(cc1NCC(=O)NCC(=O)Nc1cccc(Cl)c1C)OC(C)C2. The first-order valence-corrected chi connectivity index (χ1v) is 10.3. The first kappa shape index (κ1) is 21.8. The van der Waals surface area contributed by atoms with Crippen LogP contribution in [-0.2, 0) is 16.0 Å². The van der Waals surface area contributed by atoms with Crippen molar-refractivity contribution in [1.82, 2.24) is 5.32 Å². The highest BCUT2D eigenvalue weighted by molar-refractivity contribution is 6.31. The number of rotatable bonds is 8. The van der Waals surface area contributed by atoms with Crippen molar-refractivity contribution in [3.05, 3.63) is 46.5 Å². The van der Waals surface area contributed by atoms with E-state index >= 15 is 0 Å². The van der Waals surface area contributed by atoms with Gasteiger partial charge < -0.3 is 25.4 Å². The van der Waals surface area contributed by atoms with Gasteiger partial charge in [-0.05, 0) is 44.5 Å². The maximum absolute atomic E-state index is 12.2. The molecule has 1 aliphatic rings. The molecule has 0 saturated carbocycles. The minimum Gasteiger partial charge on any atom is -0.492 e. The van der Waals surface area contributed by atoms with Gasteiger partial charge in [-0.25, -0.2) is 0 Å². The second-order valence-corrected chi connectivity index (χ2v) is 7.52. The van der Waals surface area contributed by atoms with Gasteiger partial charge in [-0.2, -0.15) is 0 Å². The number of ether oxygens (including phenoxy) is 2. The summed E-state index contributed by atoms with van der Waals surface area (Å²) in [6.45, 7) is 6.10. The molecule has 0 spiro atoms. The number of carbonyl (C=O) groups is 2. The maximum Gasteiger partial charge on any atom is 0.243 e. The first-order chi connectivity index (χ1) is 14.4. The minimum atomic E-state index is -0.330. The molecule has 8 heteroatoms. The Morgan fingerprint density at radius 2 is 2.00 bits per heavy atom. The number of carbonyl (C=O) groups excluding carboxylic acids is 2. The van der Waals surface area contributed by atoms with Crippen molar-refractivity contribution < 1.29 is 19.1 Å². The van der Waals surface area contributed by atoms with E-state index in [0.29, 0.717) is 28.8 Å². The van der Waals surface area contributed by atoms with Crippen LogP contribution in [0.1, 0.15) is 25.0 Å². The second kappa shape index (κ2) is 9.71. The summed E-state index contributed by atoms with van der Waals surface area (Å²) < 4.78 is 11.5. The predicted octanol–water partition coefficient (Wildman–Crippen LogP) is 3.54. The Morgan fingerprint density at radius 3 is 2.77 bits per heavy atom. The molecule has 7 nitrogen and oxygen atoms in total. The quantitative estimate of drug-likeness (QED) is 0.595. The fourth-order valence-electron chi connectivity index (χ4n) is 3.21. The molecular formula is C22H26ClN3O4. The molecule has 0 fully saturated rings. The molecule has 0 aliphatic carbocycles. The molecule has 0 bridgehead atoms. The van der Waals surface area contributed by atoms with Gasteiger partial charge in [0.1, 0.15) is 17.6 Å². The minimum absolute atomic E-state index is 0.00210. The van der Waals surface area contributed by atoms with Gasteiger partial charge in [-0.1, -0.05) is 17.7 Å². The lowest BCUT2D eigenvalue weighted by Crippen LogP contribution is -2.36. The van der Waals surface area contributed by atoms with Crippen LogP contribution in [0, 0.1) is 6.92 Å². The third kappa shape index (κ3) is 5.36. The molecule has 1 unspecified atom stereocenters. The Bertz CT molecular complexity index is 948. The monoisotopic (exact) mass is 431 g/mol. The van der Waals surface area contributed by atoms with Crippen LogP contribution in [0.4, 0.5) is 11.4 Å². The molecule has 0 aromatic heterocycles. The number of amides is 2. The normalized spacial score (nSPS) is 14.5. The summed E-state index contributed by atoms with van der Waals surface area (Å²) in [4.78, 5) is 24.3. The molecule has 1 atom stereocenters. The highest BCUT2D eigenvalue weighted by Gasteiger charge is 2.22. The van der Waals surface area contributed by atoms with Crippen molar-refractivity contribution in [3.63, 3.8) is 0 Å². The van der Waals surface area contributed by atoms with Crippen molar-refractivity contribution in [2.45, 2.75) is 33.3 Å². The number of fused-ring (bicyclic) bond motifs is 1. The summed E-state index contributed by atoms with van der Waals surface area (Å²) >= 11 is 6.05. The molecule has 3 N–H and O–H groups in total. The predicted molar refractivity (Wildman–Crippen MR) is 118 cm³/mol. The van der Waals surface area contributed by atoms with E-state index in [-0.39, 0.29) is 31.0 Å². The molecule has 0 saturated heterocycles. The molecule has 3 rings (SSSR count). The van der Waals surface area contributed by atoms with Gasteiger partial charge in [-0.3, -0.25) is 9.59 Å². The van der Waals surface area contributed by atoms with Crippen molar-refractivity contribution in [3.8, 4) is 11.5 Å². The van der Waals surface area contributed by atoms with Crippen LogP contribution < -0.4 is 25.4 Å². The number of halogens is 1. The fourth-order valence-corrected chi connectivity index (χ4v) is 3.38. The van der Waals surface area contributed by atoms with Gasteiger partial charge in [0, 0.05) is 28.8 Å². The zero-order valence-corrected chi connectivity index (χ0v) is 18.1. The summed E-state index contributed by atoms with van der Waals surface area (Å²) in [5.41, 5.74) is 3.17.